The summed E-state index contributed by atoms with van der Waals surface area (Å²) >= 11 is 3.67. The van der Waals surface area contributed by atoms with Crippen LogP contribution in [0, 0.1) is 12.7 Å². The van der Waals surface area contributed by atoms with Gasteiger partial charge < -0.3 is 0 Å². The number of halogens is 2. The lowest BCUT2D eigenvalue weighted by Gasteiger charge is -2.09. The molecule has 0 N–H and O–H groups in total. The summed E-state index contributed by atoms with van der Waals surface area (Å²) in [6.07, 6.45) is 3.35. The molecule has 2 aromatic carbocycles. The molecule has 0 aliphatic rings. The molecular weight excluding hydrogens is 407 g/mol. The Hall–Kier alpha value is -2.86. The Morgan fingerprint density at radius 1 is 0.963 bits per heavy atom. The average molecular weight is 423 g/mol. The van der Waals surface area contributed by atoms with Crippen LogP contribution in [-0.4, -0.2) is 19.7 Å². The Morgan fingerprint density at radius 2 is 1.67 bits per heavy atom. The summed E-state index contributed by atoms with van der Waals surface area (Å²) in [6, 6.07) is 16.6. The van der Waals surface area contributed by atoms with Crippen LogP contribution in [0.5, 0.6) is 0 Å². The summed E-state index contributed by atoms with van der Waals surface area (Å²) < 4.78 is 16.8. The topological polar surface area (TPSA) is 43.6 Å². The zero-order chi connectivity index (χ0) is 18.8. The molecule has 0 atom stereocenters. The summed E-state index contributed by atoms with van der Waals surface area (Å²) in [5.41, 5.74) is 4.21. The second kappa shape index (κ2) is 7.40. The first-order valence-corrected chi connectivity index (χ1v) is 9.27. The highest BCUT2D eigenvalue weighted by atomic mass is 79.9. The Labute approximate surface area is 164 Å². The highest BCUT2D eigenvalue weighted by Gasteiger charge is 2.21. The quantitative estimate of drug-likeness (QED) is 0.450. The van der Waals surface area contributed by atoms with Gasteiger partial charge in [-0.05, 0) is 35.0 Å². The van der Waals surface area contributed by atoms with Crippen LogP contribution in [0.15, 0.2) is 71.5 Å². The van der Waals surface area contributed by atoms with E-state index in [1.807, 2.05) is 37.3 Å². The van der Waals surface area contributed by atoms with Gasteiger partial charge in [-0.25, -0.2) is 14.4 Å². The number of hydrogen-bond donors (Lipinski definition) is 0. The summed E-state index contributed by atoms with van der Waals surface area (Å²) in [5.74, 6) is 0.265. The fourth-order valence-electron chi connectivity index (χ4n) is 2.89. The summed E-state index contributed by atoms with van der Waals surface area (Å²) in [4.78, 5) is 8.61. The number of benzene rings is 2. The average Bonchev–Trinajstić information content (AvgIpc) is 3.01. The smallest absolute Gasteiger partial charge is 0.181 e. The molecule has 0 saturated heterocycles. The van der Waals surface area contributed by atoms with Crippen molar-refractivity contribution < 1.29 is 4.39 Å². The summed E-state index contributed by atoms with van der Waals surface area (Å²) in [6.45, 7) is 2.35. The molecule has 0 fully saturated rings. The molecule has 0 spiro atoms. The third-order valence-corrected chi connectivity index (χ3v) is 5.03. The third-order valence-electron chi connectivity index (χ3n) is 4.28. The minimum absolute atomic E-state index is 0.253. The molecule has 4 nitrogen and oxygen atoms in total. The van der Waals surface area contributed by atoms with E-state index in [-0.39, 0.29) is 5.82 Å². The van der Waals surface area contributed by atoms with Crippen LogP contribution in [0.3, 0.4) is 0 Å². The molecule has 0 aliphatic carbocycles. The first-order chi connectivity index (χ1) is 13.1. The van der Waals surface area contributed by atoms with Gasteiger partial charge in [-0.15, -0.1) is 0 Å². The number of rotatable bonds is 4. The largest absolute Gasteiger partial charge is 0.258 e. The van der Waals surface area contributed by atoms with Gasteiger partial charge in [0.15, 0.2) is 5.82 Å². The Bertz CT molecular complexity index is 1080. The highest BCUT2D eigenvalue weighted by molar-refractivity contribution is 9.10. The van der Waals surface area contributed by atoms with Gasteiger partial charge in [0.2, 0.25) is 0 Å². The van der Waals surface area contributed by atoms with Crippen LogP contribution in [-0.2, 0) is 6.54 Å². The van der Waals surface area contributed by atoms with E-state index in [4.69, 9.17) is 5.10 Å². The summed E-state index contributed by atoms with van der Waals surface area (Å²) in [7, 11) is 0. The molecule has 0 radical (unpaired) electrons. The van der Waals surface area contributed by atoms with E-state index in [1.165, 1.54) is 11.6 Å². The number of nitrogens with zero attached hydrogens (tertiary/aromatic N) is 4. The van der Waals surface area contributed by atoms with Gasteiger partial charge in [0.05, 0.1) is 16.7 Å². The van der Waals surface area contributed by atoms with Crippen LogP contribution < -0.4 is 0 Å². The first kappa shape index (κ1) is 17.5. The van der Waals surface area contributed by atoms with Crippen LogP contribution in [0.2, 0.25) is 0 Å². The van der Waals surface area contributed by atoms with Crippen LogP contribution in [0.4, 0.5) is 4.39 Å². The van der Waals surface area contributed by atoms with Crippen molar-refractivity contribution in [2.75, 3.05) is 0 Å². The van der Waals surface area contributed by atoms with E-state index in [0.717, 1.165) is 15.7 Å². The molecule has 6 heteroatoms. The second-order valence-corrected chi connectivity index (χ2v) is 6.99. The maximum Gasteiger partial charge on any atom is 0.181 e. The molecular formula is C21H16BrFN4. The first-order valence-electron chi connectivity index (χ1n) is 8.47. The van der Waals surface area contributed by atoms with Crippen LogP contribution in [0.1, 0.15) is 11.1 Å². The van der Waals surface area contributed by atoms with Gasteiger partial charge in [0, 0.05) is 23.5 Å². The van der Waals surface area contributed by atoms with E-state index in [0.29, 0.717) is 23.6 Å². The monoisotopic (exact) mass is 422 g/mol. The van der Waals surface area contributed by atoms with Crippen molar-refractivity contribution in [3.63, 3.8) is 0 Å². The van der Waals surface area contributed by atoms with E-state index < -0.39 is 0 Å². The second-order valence-electron chi connectivity index (χ2n) is 6.20. The number of hydrogen-bond acceptors (Lipinski definition) is 3. The van der Waals surface area contributed by atoms with Crippen molar-refractivity contribution >= 4 is 15.9 Å². The van der Waals surface area contributed by atoms with Crippen molar-refractivity contribution in [2.24, 2.45) is 0 Å². The molecule has 4 rings (SSSR count). The zero-order valence-corrected chi connectivity index (χ0v) is 16.2. The Morgan fingerprint density at radius 3 is 2.37 bits per heavy atom. The zero-order valence-electron chi connectivity index (χ0n) is 14.6. The third kappa shape index (κ3) is 3.53. The number of aryl methyl sites for hydroxylation is 1. The molecule has 0 amide bonds. The van der Waals surface area contributed by atoms with Gasteiger partial charge in [-0.3, -0.25) is 4.68 Å². The van der Waals surface area contributed by atoms with Crippen molar-refractivity contribution in [3.05, 3.63) is 88.4 Å². The normalized spacial score (nSPS) is 10.9. The molecule has 0 unspecified atom stereocenters. The lowest BCUT2D eigenvalue weighted by atomic mass is 10.1. The van der Waals surface area contributed by atoms with Crippen molar-refractivity contribution in [3.8, 4) is 22.8 Å². The molecule has 134 valence electrons. The molecule has 27 heavy (non-hydrogen) atoms. The van der Waals surface area contributed by atoms with Crippen molar-refractivity contribution in [1.82, 2.24) is 19.7 Å². The van der Waals surface area contributed by atoms with Crippen molar-refractivity contribution in [1.29, 1.82) is 0 Å². The van der Waals surface area contributed by atoms with E-state index >= 15 is 0 Å². The summed E-state index contributed by atoms with van der Waals surface area (Å²) in [5, 5.41) is 4.69. The van der Waals surface area contributed by atoms with Gasteiger partial charge in [-0.1, -0.05) is 48.0 Å². The van der Waals surface area contributed by atoms with Crippen LogP contribution >= 0.6 is 15.9 Å². The SMILES string of the molecule is Cc1ccc(-c2c(Br)c(-c3ncccn3)nn2Cc2ccccc2F)cc1. The number of aromatic nitrogens is 4. The predicted octanol–water partition coefficient (Wildman–Crippen LogP) is 5.27. The Balaban J connectivity index is 1.88. The fourth-order valence-corrected chi connectivity index (χ4v) is 3.58. The van der Waals surface area contributed by atoms with E-state index in [2.05, 4.69) is 25.9 Å². The molecule has 4 aromatic rings. The van der Waals surface area contributed by atoms with E-state index in [9.17, 15) is 4.39 Å². The minimum Gasteiger partial charge on any atom is -0.258 e. The van der Waals surface area contributed by atoms with Crippen molar-refractivity contribution in [2.45, 2.75) is 13.5 Å². The van der Waals surface area contributed by atoms with Gasteiger partial charge in [0.25, 0.3) is 0 Å². The van der Waals surface area contributed by atoms with Crippen LogP contribution in [0.25, 0.3) is 22.8 Å². The van der Waals surface area contributed by atoms with Gasteiger partial charge in [0.1, 0.15) is 11.5 Å². The fraction of sp³-hybridized carbons (Fsp3) is 0.0952. The predicted molar refractivity (Wildman–Crippen MR) is 107 cm³/mol. The maximum absolute atomic E-state index is 14.2. The lowest BCUT2D eigenvalue weighted by Crippen LogP contribution is -2.06. The minimum atomic E-state index is -0.253. The highest BCUT2D eigenvalue weighted by Crippen LogP contribution is 2.36. The van der Waals surface area contributed by atoms with E-state index in [1.54, 1.807) is 35.3 Å². The Kier molecular flexibility index (Phi) is 4.81. The van der Waals surface area contributed by atoms with Gasteiger partial charge in [-0.2, -0.15) is 5.10 Å². The standard InChI is InChI=1S/C21H16BrFN4/c1-14-7-9-15(10-8-14)20-18(22)19(21-24-11-4-12-25-21)26-27(20)13-16-5-2-3-6-17(16)23/h2-12H,13H2,1H3. The molecule has 0 bridgehead atoms. The molecule has 0 aliphatic heterocycles. The molecule has 2 heterocycles. The van der Waals surface area contributed by atoms with Gasteiger partial charge >= 0.3 is 0 Å². The molecule has 2 aromatic heterocycles. The lowest BCUT2D eigenvalue weighted by molar-refractivity contribution is 0.587. The maximum atomic E-state index is 14.2. The molecule has 0 saturated carbocycles.